The van der Waals surface area contributed by atoms with Crippen molar-refractivity contribution in [1.29, 1.82) is 0 Å². The van der Waals surface area contributed by atoms with Crippen LogP contribution in [0.2, 0.25) is 0 Å². The predicted octanol–water partition coefficient (Wildman–Crippen LogP) is 4.29. The van der Waals surface area contributed by atoms with Crippen LogP contribution in [0.3, 0.4) is 0 Å². The zero-order chi connectivity index (χ0) is 24.2. The Bertz CT molecular complexity index is 1110. The van der Waals surface area contributed by atoms with Gasteiger partial charge in [0, 0.05) is 24.7 Å². The molecule has 0 radical (unpaired) electrons. The second-order valence-corrected chi connectivity index (χ2v) is 11.5. The number of sulfone groups is 1. The highest BCUT2D eigenvalue weighted by Crippen LogP contribution is 2.38. The van der Waals surface area contributed by atoms with Crippen molar-refractivity contribution < 1.29 is 22.7 Å². The Morgan fingerprint density at radius 1 is 1.15 bits per heavy atom. The van der Waals surface area contributed by atoms with E-state index in [0.717, 1.165) is 6.42 Å². The molecule has 0 saturated heterocycles. The van der Waals surface area contributed by atoms with Gasteiger partial charge in [-0.1, -0.05) is 32.0 Å². The number of nitrogens with zero attached hydrogens (tertiary/aromatic N) is 1. The Morgan fingerprint density at radius 3 is 2.52 bits per heavy atom. The van der Waals surface area contributed by atoms with E-state index in [1.807, 2.05) is 13.8 Å². The number of nitrogens with one attached hydrogen (secondary N) is 1. The van der Waals surface area contributed by atoms with Crippen LogP contribution in [0.4, 0.5) is 11.4 Å². The van der Waals surface area contributed by atoms with Crippen LogP contribution in [0.1, 0.15) is 40.5 Å². The minimum Gasteiger partial charge on any atom is -0.490 e. The van der Waals surface area contributed by atoms with E-state index in [1.54, 1.807) is 41.3 Å². The van der Waals surface area contributed by atoms with Crippen LogP contribution in [0.15, 0.2) is 53.4 Å². The summed E-state index contributed by atoms with van der Waals surface area (Å²) in [6.07, 6.45) is 0.691. The molecule has 2 aromatic rings. The lowest BCUT2D eigenvalue weighted by molar-refractivity contribution is -0.127. The first-order valence-corrected chi connectivity index (χ1v) is 12.8. The van der Waals surface area contributed by atoms with Gasteiger partial charge in [-0.2, -0.15) is 0 Å². The molecule has 7 nitrogen and oxygen atoms in total. The van der Waals surface area contributed by atoms with Gasteiger partial charge in [0.05, 0.1) is 21.8 Å². The maximum Gasteiger partial charge on any atom is 0.236 e. The summed E-state index contributed by atoms with van der Waals surface area (Å²) >= 11 is 0. The molecule has 0 fully saturated rings. The van der Waals surface area contributed by atoms with Crippen molar-refractivity contribution in [2.45, 2.75) is 45.4 Å². The number of hydrogen-bond acceptors (Lipinski definition) is 5. The molecular formula is C25H32N2O5S. The second kappa shape index (κ2) is 9.95. The van der Waals surface area contributed by atoms with Gasteiger partial charge in [0.15, 0.2) is 9.84 Å². The van der Waals surface area contributed by atoms with Gasteiger partial charge in [0.25, 0.3) is 0 Å². The van der Waals surface area contributed by atoms with Crippen LogP contribution < -0.4 is 15.0 Å². The molecule has 1 N–H and O–H groups in total. The molecule has 178 valence electrons. The third-order valence-electron chi connectivity index (χ3n) is 5.58. The fourth-order valence-electron chi connectivity index (χ4n) is 3.53. The average Bonchev–Trinajstić information content (AvgIpc) is 2.86. The summed E-state index contributed by atoms with van der Waals surface area (Å²) in [6.45, 7) is 8.75. The van der Waals surface area contributed by atoms with Crippen molar-refractivity contribution in [3.8, 4) is 5.75 Å². The van der Waals surface area contributed by atoms with E-state index in [2.05, 4.69) is 19.2 Å². The quantitative estimate of drug-likeness (QED) is 0.619. The van der Waals surface area contributed by atoms with E-state index >= 15 is 0 Å². The van der Waals surface area contributed by atoms with Crippen LogP contribution in [-0.2, 0) is 19.4 Å². The van der Waals surface area contributed by atoms with Crippen LogP contribution >= 0.6 is 0 Å². The summed E-state index contributed by atoms with van der Waals surface area (Å²) < 4.78 is 30.8. The fourth-order valence-corrected chi connectivity index (χ4v) is 4.79. The highest BCUT2D eigenvalue weighted by Gasteiger charge is 2.37. The Hall–Kier alpha value is -2.87. The Labute approximate surface area is 196 Å². The topological polar surface area (TPSA) is 92.8 Å². The predicted molar refractivity (Wildman–Crippen MR) is 129 cm³/mol. The minimum absolute atomic E-state index is 0.00445. The van der Waals surface area contributed by atoms with E-state index in [4.69, 9.17) is 4.74 Å². The van der Waals surface area contributed by atoms with E-state index < -0.39 is 21.2 Å². The van der Waals surface area contributed by atoms with Crippen molar-refractivity contribution in [2.75, 3.05) is 29.1 Å². The van der Waals surface area contributed by atoms with Gasteiger partial charge in [-0.05, 0) is 50.5 Å². The monoisotopic (exact) mass is 472 g/mol. The molecule has 0 atom stereocenters. The lowest BCUT2D eigenvalue weighted by Gasteiger charge is -2.28. The molecule has 0 spiro atoms. The van der Waals surface area contributed by atoms with Crippen LogP contribution in [0.5, 0.6) is 5.75 Å². The molecule has 2 amide bonds. The van der Waals surface area contributed by atoms with Crippen molar-refractivity contribution in [1.82, 2.24) is 0 Å². The second-order valence-electron chi connectivity index (χ2n) is 9.42. The van der Waals surface area contributed by atoms with Crippen molar-refractivity contribution >= 4 is 33.0 Å². The SMILES string of the molecule is CC(C)CCN1C(=O)C(C)(C)COc2cc(NC(=O)CCS(=O)(=O)c3ccccc3)ccc21. The maximum absolute atomic E-state index is 13.1. The van der Waals surface area contributed by atoms with Crippen LogP contribution in [0, 0.1) is 11.3 Å². The van der Waals surface area contributed by atoms with Gasteiger partial charge in [-0.25, -0.2) is 8.42 Å². The number of carbonyl (C=O) groups is 2. The molecular weight excluding hydrogens is 440 g/mol. The standard InChI is InChI=1S/C25H32N2O5S/c1-18(2)12-14-27-21-11-10-19(16-22(21)32-17-25(3,4)24(27)29)26-23(28)13-15-33(30,31)20-8-6-5-7-9-20/h5-11,16,18H,12-15,17H2,1-4H3,(H,26,28). The zero-order valence-electron chi connectivity index (χ0n) is 19.6. The molecule has 1 aliphatic rings. The molecule has 0 aromatic heterocycles. The first kappa shape index (κ1) is 24.8. The maximum atomic E-state index is 13.1. The fraction of sp³-hybridized carbons (Fsp3) is 0.440. The number of fused-ring (bicyclic) bond motifs is 1. The third-order valence-corrected chi connectivity index (χ3v) is 7.31. The molecule has 8 heteroatoms. The van der Waals surface area contributed by atoms with Gasteiger partial charge in [-0.15, -0.1) is 0 Å². The molecule has 0 aliphatic carbocycles. The first-order chi connectivity index (χ1) is 15.5. The summed E-state index contributed by atoms with van der Waals surface area (Å²) in [7, 11) is -3.54. The third kappa shape index (κ3) is 6.13. The number of benzene rings is 2. The molecule has 33 heavy (non-hydrogen) atoms. The number of hydrogen-bond donors (Lipinski definition) is 1. The van der Waals surface area contributed by atoms with Crippen molar-refractivity contribution in [3.05, 3.63) is 48.5 Å². The normalized spacial score (nSPS) is 15.5. The minimum atomic E-state index is -3.54. The van der Waals surface area contributed by atoms with E-state index in [1.165, 1.54) is 12.1 Å². The highest BCUT2D eigenvalue weighted by molar-refractivity contribution is 7.91. The van der Waals surface area contributed by atoms with E-state index in [0.29, 0.717) is 29.6 Å². The largest absolute Gasteiger partial charge is 0.490 e. The average molecular weight is 473 g/mol. The van der Waals surface area contributed by atoms with Gasteiger partial charge >= 0.3 is 0 Å². The molecule has 3 rings (SSSR count). The lowest BCUT2D eigenvalue weighted by Crippen LogP contribution is -2.42. The Kier molecular flexibility index (Phi) is 7.47. The summed E-state index contributed by atoms with van der Waals surface area (Å²) in [6, 6.07) is 13.2. The number of anilines is 2. The summed E-state index contributed by atoms with van der Waals surface area (Å²) in [5, 5.41) is 2.75. The van der Waals surface area contributed by atoms with Gasteiger partial charge in [0.1, 0.15) is 12.4 Å². The van der Waals surface area contributed by atoms with Crippen LogP contribution in [-0.4, -0.2) is 39.1 Å². The smallest absolute Gasteiger partial charge is 0.236 e. The van der Waals surface area contributed by atoms with Gasteiger partial charge in [0.2, 0.25) is 11.8 Å². The Balaban J connectivity index is 1.73. The number of ether oxygens (including phenoxy) is 1. The van der Waals surface area contributed by atoms with Crippen LogP contribution in [0.25, 0.3) is 0 Å². The summed E-state index contributed by atoms with van der Waals surface area (Å²) in [4.78, 5) is 27.5. The number of amides is 2. The number of carbonyl (C=O) groups excluding carboxylic acids is 2. The molecule has 0 saturated carbocycles. The van der Waals surface area contributed by atoms with Crippen molar-refractivity contribution in [3.63, 3.8) is 0 Å². The highest BCUT2D eigenvalue weighted by atomic mass is 32.2. The molecule has 2 aromatic carbocycles. The van der Waals surface area contributed by atoms with E-state index in [-0.39, 0.29) is 29.6 Å². The molecule has 1 aliphatic heterocycles. The zero-order valence-corrected chi connectivity index (χ0v) is 20.4. The first-order valence-electron chi connectivity index (χ1n) is 11.2. The summed E-state index contributed by atoms with van der Waals surface area (Å²) in [5.74, 6) is 0.281. The summed E-state index contributed by atoms with van der Waals surface area (Å²) in [5.41, 5.74) is 0.494. The molecule has 0 unspecified atom stereocenters. The van der Waals surface area contributed by atoms with Gasteiger partial charge < -0.3 is 15.0 Å². The van der Waals surface area contributed by atoms with E-state index in [9.17, 15) is 18.0 Å². The van der Waals surface area contributed by atoms with Crippen molar-refractivity contribution in [2.24, 2.45) is 11.3 Å². The number of rotatable bonds is 8. The molecule has 1 heterocycles. The van der Waals surface area contributed by atoms with Gasteiger partial charge in [-0.3, -0.25) is 9.59 Å². The molecule has 0 bridgehead atoms. The Morgan fingerprint density at radius 2 is 1.85 bits per heavy atom. The lowest BCUT2D eigenvalue weighted by atomic mass is 9.92.